The number of aryl methyl sites for hydroxylation is 3. The van der Waals surface area contributed by atoms with Gasteiger partial charge in [0.2, 0.25) is 0 Å². The molecular formula is C25H25N3O2. The van der Waals surface area contributed by atoms with Gasteiger partial charge in [-0.1, -0.05) is 30.3 Å². The van der Waals surface area contributed by atoms with E-state index >= 15 is 0 Å². The number of ether oxygens (including phenoxy) is 1. The third-order valence-electron chi connectivity index (χ3n) is 5.08. The van der Waals surface area contributed by atoms with Crippen molar-refractivity contribution in [2.24, 2.45) is 5.10 Å². The number of amides is 1. The predicted octanol–water partition coefficient (Wildman–Crippen LogP) is 4.96. The van der Waals surface area contributed by atoms with Crippen molar-refractivity contribution in [1.29, 1.82) is 0 Å². The predicted molar refractivity (Wildman–Crippen MR) is 122 cm³/mol. The Kier molecular flexibility index (Phi) is 5.53. The third kappa shape index (κ3) is 4.06. The number of nitrogens with zero attached hydrogens (tertiary/aromatic N) is 2. The Hall–Kier alpha value is -3.60. The van der Waals surface area contributed by atoms with Gasteiger partial charge in [0.15, 0.2) is 6.61 Å². The lowest BCUT2D eigenvalue weighted by Gasteiger charge is -2.07. The molecule has 4 aromatic rings. The number of fused-ring (bicyclic) bond motifs is 3. The number of hydrazone groups is 1. The van der Waals surface area contributed by atoms with Gasteiger partial charge in [0.05, 0.1) is 6.21 Å². The van der Waals surface area contributed by atoms with Gasteiger partial charge < -0.3 is 9.30 Å². The largest absolute Gasteiger partial charge is 0.484 e. The molecule has 0 fully saturated rings. The first-order valence-electron chi connectivity index (χ1n) is 10.1. The van der Waals surface area contributed by atoms with E-state index in [0.29, 0.717) is 5.75 Å². The minimum absolute atomic E-state index is 0.0801. The van der Waals surface area contributed by atoms with Gasteiger partial charge >= 0.3 is 0 Å². The van der Waals surface area contributed by atoms with Gasteiger partial charge in [0.25, 0.3) is 5.91 Å². The molecule has 5 nitrogen and oxygen atoms in total. The Balaban J connectivity index is 1.45. The number of nitrogens with one attached hydrogen (secondary N) is 1. The highest BCUT2D eigenvalue weighted by atomic mass is 16.5. The van der Waals surface area contributed by atoms with E-state index in [1.54, 1.807) is 6.21 Å². The molecule has 30 heavy (non-hydrogen) atoms. The molecule has 1 heterocycles. The first-order valence-corrected chi connectivity index (χ1v) is 10.1. The summed E-state index contributed by atoms with van der Waals surface area (Å²) in [6.45, 7) is 6.98. The zero-order chi connectivity index (χ0) is 21.1. The van der Waals surface area contributed by atoms with Crippen molar-refractivity contribution in [1.82, 2.24) is 9.99 Å². The van der Waals surface area contributed by atoms with Crippen molar-refractivity contribution in [2.75, 3.05) is 6.61 Å². The van der Waals surface area contributed by atoms with Crippen LogP contribution in [0.15, 0.2) is 65.8 Å². The van der Waals surface area contributed by atoms with Crippen LogP contribution in [0, 0.1) is 13.8 Å². The summed E-state index contributed by atoms with van der Waals surface area (Å²) in [5, 5.41) is 6.49. The van der Waals surface area contributed by atoms with Crippen molar-refractivity contribution < 1.29 is 9.53 Å². The molecule has 1 aromatic heterocycles. The summed E-state index contributed by atoms with van der Waals surface area (Å²) in [7, 11) is 0. The van der Waals surface area contributed by atoms with Crippen LogP contribution in [-0.2, 0) is 11.3 Å². The van der Waals surface area contributed by atoms with Crippen LogP contribution >= 0.6 is 0 Å². The SMILES string of the molecule is CCn1c2ccccc2c2cc(/C=N/NC(=O)COc3cc(C)cc(C)c3)ccc21. The van der Waals surface area contributed by atoms with Crippen LogP contribution in [0.25, 0.3) is 21.8 Å². The zero-order valence-corrected chi connectivity index (χ0v) is 17.5. The summed E-state index contributed by atoms with van der Waals surface area (Å²) in [6.07, 6.45) is 1.66. The summed E-state index contributed by atoms with van der Waals surface area (Å²) < 4.78 is 7.87. The first kappa shape index (κ1) is 19.7. The lowest BCUT2D eigenvalue weighted by Crippen LogP contribution is -2.24. The fraction of sp³-hybridized carbons (Fsp3) is 0.200. The number of hydrogen-bond acceptors (Lipinski definition) is 3. The van der Waals surface area contributed by atoms with Gasteiger partial charge in [-0.25, -0.2) is 5.43 Å². The monoisotopic (exact) mass is 399 g/mol. The molecule has 0 aliphatic carbocycles. The van der Waals surface area contributed by atoms with E-state index in [1.165, 1.54) is 21.8 Å². The number of aromatic nitrogens is 1. The fourth-order valence-corrected chi connectivity index (χ4v) is 3.87. The molecule has 3 aromatic carbocycles. The van der Waals surface area contributed by atoms with Gasteiger partial charge in [-0.3, -0.25) is 4.79 Å². The summed E-state index contributed by atoms with van der Waals surface area (Å²) >= 11 is 0. The molecular weight excluding hydrogens is 374 g/mol. The number of rotatable bonds is 6. The maximum atomic E-state index is 12.1. The van der Waals surface area contributed by atoms with Crippen LogP contribution < -0.4 is 10.2 Å². The average molecular weight is 399 g/mol. The zero-order valence-electron chi connectivity index (χ0n) is 17.5. The molecule has 0 atom stereocenters. The molecule has 0 unspecified atom stereocenters. The van der Waals surface area contributed by atoms with Crippen molar-refractivity contribution in [3.63, 3.8) is 0 Å². The van der Waals surface area contributed by atoms with E-state index in [-0.39, 0.29) is 12.5 Å². The van der Waals surface area contributed by atoms with E-state index in [4.69, 9.17) is 4.74 Å². The Morgan fingerprint density at radius 2 is 1.73 bits per heavy atom. The van der Waals surface area contributed by atoms with Gasteiger partial charge in [-0.05, 0) is 67.8 Å². The Morgan fingerprint density at radius 3 is 2.50 bits per heavy atom. The second-order valence-corrected chi connectivity index (χ2v) is 7.44. The van der Waals surface area contributed by atoms with Crippen LogP contribution in [0.2, 0.25) is 0 Å². The van der Waals surface area contributed by atoms with E-state index in [9.17, 15) is 4.79 Å². The Labute approximate surface area is 176 Å². The smallest absolute Gasteiger partial charge is 0.277 e. The Morgan fingerprint density at radius 1 is 1.00 bits per heavy atom. The summed E-state index contributed by atoms with van der Waals surface area (Å²) in [5.41, 5.74) is 8.08. The van der Waals surface area contributed by atoms with Crippen LogP contribution in [0.3, 0.4) is 0 Å². The van der Waals surface area contributed by atoms with E-state index in [0.717, 1.165) is 23.2 Å². The van der Waals surface area contributed by atoms with E-state index in [1.807, 2.05) is 32.0 Å². The Bertz CT molecular complexity index is 1230. The molecule has 0 saturated heterocycles. The molecule has 0 aliphatic rings. The molecule has 1 N–H and O–H groups in total. The van der Waals surface area contributed by atoms with E-state index < -0.39 is 0 Å². The first-order chi connectivity index (χ1) is 14.5. The second-order valence-electron chi connectivity index (χ2n) is 7.44. The van der Waals surface area contributed by atoms with Crippen molar-refractivity contribution in [3.05, 3.63) is 77.4 Å². The van der Waals surface area contributed by atoms with Crippen LogP contribution in [0.4, 0.5) is 0 Å². The van der Waals surface area contributed by atoms with E-state index in [2.05, 4.69) is 64.5 Å². The lowest BCUT2D eigenvalue weighted by molar-refractivity contribution is -0.123. The maximum Gasteiger partial charge on any atom is 0.277 e. The quantitative estimate of drug-likeness (QED) is 0.368. The molecule has 152 valence electrons. The normalized spacial score (nSPS) is 11.4. The molecule has 0 aliphatic heterocycles. The lowest BCUT2D eigenvalue weighted by atomic mass is 10.1. The van der Waals surface area contributed by atoms with Gasteiger partial charge in [0.1, 0.15) is 5.75 Å². The molecule has 0 saturated carbocycles. The standard InChI is InChI=1S/C25H25N3O2/c1-4-28-23-8-6-5-7-21(23)22-14-19(9-10-24(22)28)15-26-27-25(29)16-30-20-12-17(2)11-18(3)13-20/h5-15H,4,16H2,1-3H3,(H,27,29)/b26-15+. The summed E-state index contributed by atoms with van der Waals surface area (Å²) in [4.78, 5) is 12.1. The van der Waals surface area contributed by atoms with Crippen LogP contribution in [0.5, 0.6) is 5.75 Å². The molecule has 4 rings (SSSR count). The highest BCUT2D eigenvalue weighted by Gasteiger charge is 2.09. The number of carbonyl (C=O) groups is 1. The highest BCUT2D eigenvalue weighted by Crippen LogP contribution is 2.29. The molecule has 1 amide bonds. The van der Waals surface area contributed by atoms with Crippen molar-refractivity contribution >= 4 is 33.9 Å². The minimum Gasteiger partial charge on any atom is -0.484 e. The van der Waals surface area contributed by atoms with Gasteiger partial charge in [0, 0.05) is 28.4 Å². The summed E-state index contributed by atoms with van der Waals surface area (Å²) in [6, 6.07) is 20.5. The molecule has 0 radical (unpaired) electrons. The second kappa shape index (κ2) is 8.41. The van der Waals surface area contributed by atoms with Crippen molar-refractivity contribution in [2.45, 2.75) is 27.3 Å². The maximum absolute atomic E-state index is 12.1. The number of carbonyl (C=O) groups excluding carboxylic acids is 1. The highest BCUT2D eigenvalue weighted by molar-refractivity contribution is 6.09. The van der Waals surface area contributed by atoms with Crippen molar-refractivity contribution in [3.8, 4) is 5.75 Å². The summed E-state index contributed by atoms with van der Waals surface area (Å²) in [5.74, 6) is 0.387. The van der Waals surface area contributed by atoms with Crippen LogP contribution in [0.1, 0.15) is 23.6 Å². The molecule has 0 bridgehead atoms. The molecule has 0 spiro atoms. The molecule has 5 heteroatoms. The topological polar surface area (TPSA) is 55.6 Å². The minimum atomic E-state index is -0.297. The number of hydrogen-bond donors (Lipinski definition) is 1. The van der Waals surface area contributed by atoms with Crippen LogP contribution in [-0.4, -0.2) is 23.3 Å². The average Bonchev–Trinajstić information content (AvgIpc) is 3.05. The number of para-hydroxylation sites is 1. The van der Waals surface area contributed by atoms with Gasteiger partial charge in [-0.2, -0.15) is 5.10 Å². The fourth-order valence-electron chi connectivity index (χ4n) is 3.87. The van der Waals surface area contributed by atoms with Gasteiger partial charge in [-0.15, -0.1) is 0 Å². The number of benzene rings is 3. The third-order valence-corrected chi connectivity index (χ3v) is 5.08.